The van der Waals surface area contributed by atoms with Crippen LogP contribution >= 0.6 is 0 Å². The average Bonchev–Trinajstić information content (AvgIpc) is 3.34. The van der Waals surface area contributed by atoms with Crippen LogP contribution in [0.4, 0.5) is 11.5 Å². The van der Waals surface area contributed by atoms with Crippen molar-refractivity contribution >= 4 is 34.4 Å². The zero-order valence-corrected chi connectivity index (χ0v) is 16.3. The Balaban J connectivity index is 1.59. The Morgan fingerprint density at radius 1 is 1.28 bits per heavy atom. The summed E-state index contributed by atoms with van der Waals surface area (Å²) in [6, 6.07) is 7.65. The Bertz CT molecular complexity index is 1170. The average molecular weight is 391 g/mol. The standard InChI is InChI=1S/C20H21N7O2/c1-12-16-17(25(2)24-12)22-11-23-18(16)26-8-7-20(10-26)13-5-3-4-6-14(13)27(19(20)29)9-15(21)28/h3-6,11H,7-10H2,1-2H3,(H2,21,28)/t20-/m1/s1. The lowest BCUT2D eigenvalue weighted by Gasteiger charge is -2.25. The van der Waals surface area contributed by atoms with Crippen LogP contribution in [0.2, 0.25) is 0 Å². The van der Waals surface area contributed by atoms with Gasteiger partial charge in [0.1, 0.15) is 18.7 Å². The third-order valence-corrected chi connectivity index (χ3v) is 6.02. The Kier molecular flexibility index (Phi) is 3.64. The number of hydrogen-bond donors (Lipinski definition) is 1. The number of nitrogens with two attached hydrogens (primary N) is 1. The van der Waals surface area contributed by atoms with Gasteiger partial charge in [0, 0.05) is 25.8 Å². The summed E-state index contributed by atoms with van der Waals surface area (Å²) in [7, 11) is 1.86. The molecule has 2 aromatic heterocycles. The molecule has 5 rings (SSSR count). The molecule has 2 aliphatic rings. The normalized spacial score (nSPS) is 20.8. The summed E-state index contributed by atoms with van der Waals surface area (Å²) in [5.74, 6) is 0.188. The quantitative estimate of drug-likeness (QED) is 0.702. The van der Waals surface area contributed by atoms with E-state index in [-0.39, 0.29) is 12.5 Å². The molecule has 29 heavy (non-hydrogen) atoms. The summed E-state index contributed by atoms with van der Waals surface area (Å²) in [4.78, 5) is 37.6. The molecule has 0 bridgehead atoms. The second-order valence-corrected chi connectivity index (χ2v) is 7.73. The van der Waals surface area contributed by atoms with E-state index in [0.29, 0.717) is 19.5 Å². The molecule has 2 aliphatic heterocycles. The number of rotatable bonds is 3. The second kappa shape index (κ2) is 6.00. The van der Waals surface area contributed by atoms with E-state index < -0.39 is 11.3 Å². The van der Waals surface area contributed by atoms with Crippen LogP contribution in [0.15, 0.2) is 30.6 Å². The molecule has 3 aromatic rings. The van der Waals surface area contributed by atoms with Gasteiger partial charge in [-0.15, -0.1) is 0 Å². The van der Waals surface area contributed by atoms with E-state index >= 15 is 0 Å². The van der Waals surface area contributed by atoms with Gasteiger partial charge in [0.15, 0.2) is 5.65 Å². The molecule has 2 N–H and O–H groups in total. The maximum Gasteiger partial charge on any atom is 0.240 e. The van der Waals surface area contributed by atoms with Crippen molar-refractivity contribution < 1.29 is 9.59 Å². The molecule has 0 unspecified atom stereocenters. The number of carbonyl (C=O) groups is 2. The molecular formula is C20H21N7O2. The number of amides is 2. The van der Waals surface area contributed by atoms with Gasteiger partial charge in [-0.2, -0.15) is 5.10 Å². The van der Waals surface area contributed by atoms with E-state index in [1.807, 2.05) is 38.2 Å². The number of aromatic nitrogens is 4. The number of nitrogens with zero attached hydrogens (tertiary/aromatic N) is 6. The third kappa shape index (κ3) is 2.36. The molecular weight excluding hydrogens is 370 g/mol. The summed E-state index contributed by atoms with van der Waals surface area (Å²) >= 11 is 0. The summed E-state index contributed by atoms with van der Waals surface area (Å²) in [5, 5.41) is 5.37. The fourth-order valence-electron chi connectivity index (χ4n) is 4.79. The highest BCUT2D eigenvalue weighted by Crippen LogP contribution is 2.48. The van der Waals surface area contributed by atoms with E-state index in [4.69, 9.17) is 5.73 Å². The monoisotopic (exact) mass is 391 g/mol. The number of primary amides is 1. The molecule has 1 atom stereocenters. The summed E-state index contributed by atoms with van der Waals surface area (Å²) in [6.45, 7) is 2.98. The van der Waals surface area contributed by atoms with Crippen molar-refractivity contribution in [3.05, 3.63) is 41.9 Å². The number of hydrogen-bond acceptors (Lipinski definition) is 6. The van der Waals surface area contributed by atoms with E-state index in [1.165, 1.54) is 11.2 Å². The van der Waals surface area contributed by atoms with Crippen molar-refractivity contribution in [3.8, 4) is 0 Å². The number of fused-ring (bicyclic) bond motifs is 3. The van der Waals surface area contributed by atoms with E-state index in [9.17, 15) is 9.59 Å². The molecule has 9 heteroatoms. The summed E-state index contributed by atoms with van der Waals surface area (Å²) in [6.07, 6.45) is 2.18. The number of aryl methyl sites for hydroxylation is 2. The van der Waals surface area contributed by atoms with Crippen LogP contribution in [0, 0.1) is 6.92 Å². The smallest absolute Gasteiger partial charge is 0.240 e. The fraction of sp³-hybridized carbons (Fsp3) is 0.350. The molecule has 1 aromatic carbocycles. The molecule has 148 valence electrons. The molecule has 0 aliphatic carbocycles. The SMILES string of the molecule is Cc1nn(C)c2ncnc(N3CC[C@]4(C3)C(=O)N(CC(N)=O)c3ccccc34)c12. The Labute approximate surface area is 167 Å². The molecule has 0 saturated carbocycles. The van der Waals surface area contributed by atoms with Gasteiger partial charge < -0.3 is 15.5 Å². The molecule has 9 nitrogen and oxygen atoms in total. The minimum absolute atomic E-state index is 0.0757. The van der Waals surface area contributed by atoms with E-state index in [2.05, 4.69) is 20.0 Å². The highest BCUT2D eigenvalue weighted by atomic mass is 16.2. The number of anilines is 2. The molecule has 1 saturated heterocycles. The highest BCUT2D eigenvalue weighted by molar-refractivity contribution is 6.11. The summed E-state index contributed by atoms with van der Waals surface area (Å²) in [5.41, 5.74) is 8.03. The zero-order valence-electron chi connectivity index (χ0n) is 16.3. The van der Waals surface area contributed by atoms with Crippen molar-refractivity contribution in [3.63, 3.8) is 0 Å². The Morgan fingerprint density at radius 3 is 2.86 bits per heavy atom. The van der Waals surface area contributed by atoms with Crippen molar-refractivity contribution in [2.24, 2.45) is 12.8 Å². The van der Waals surface area contributed by atoms with E-state index in [1.54, 1.807) is 4.68 Å². The lowest BCUT2D eigenvalue weighted by molar-refractivity contribution is -0.124. The lowest BCUT2D eigenvalue weighted by atomic mass is 9.81. The maximum atomic E-state index is 13.5. The molecule has 1 spiro atoms. The molecule has 1 fully saturated rings. The predicted octanol–water partition coefficient (Wildman–Crippen LogP) is 0.652. The van der Waals surface area contributed by atoms with Crippen LogP contribution < -0.4 is 15.5 Å². The molecule has 4 heterocycles. The highest BCUT2D eigenvalue weighted by Gasteiger charge is 2.54. The minimum atomic E-state index is -0.709. The first-order valence-electron chi connectivity index (χ1n) is 9.51. The van der Waals surface area contributed by atoms with Gasteiger partial charge in [-0.1, -0.05) is 18.2 Å². The Morgan fingerprint density at radius 2 is 2.07 bits per heavy atom. The van der Waals surface area contributed by atoms with Gasteiger partial charge in [-0.05, 0) is 25.0 Å². The number of para-hydroxylation sites is 1. The van der Waals surface area contributed by atoms with Gasteiger partial charge in [0.05, 0.1) is 16.5 Å². The topological polar surface area (TPSA) is 110 Å². The van der Waals surface area contributed by atoms with Crippen molar-refractivity contribution in [2.75, 3.05) is 29.4 Å². The third-order valence-electron chi connectivity index (χ3n) is 6.02. The lowest BCUT2D eigenvalue weighted by Crippen LogP contribution is -2.45. The second-order valence-electron chi connectivity index (χ2n) is 7.73. The minimum Gasteiger partial charge on any atom is -0.368 e. The molecule has 0 radical (unpaired) electrons. The van der Waals surface area contributed by atoms with Crippen LogP contribution in [-0.2, 0) is 22.1 Å². The van der Waals surface area contributed by atoms with Gasteiger partial charge >= 0.3 is 0 Å². The number of carbonyl (C=O) groups excluding carboxylic acids is 2. The van der Waals surface area contributed by atoms with Crippen LogP contribution in [0.1, 0.15) is 17.7 Å². The van der Waals surface area contributed by atoms with E-state index in [0.717, 1.165) is 33.8 Å². The van der Waals surface area contributed by atoms with Gasteiger partial charge in [0.2, 0.25) is 11.8 Å². The van der Waals surface area contributed by atoms with Gasteiger partial charge in [-0.3, -0.25) is 14.3 Å². The molecule has 2 amide bonds. The predicted molar refractivity (Wildman–Crippen MR) is 108 cm³/mol. The Hall–Kier alpha value is -3.49. The van der Waals surface area contributed by atoms with Crippen molar-refractivity contribution in [2.45, 2.75) is 18.8 Å². The van der Waals surface area contributed by atoms with Crippen LogP contribution in [-0.4, -0.2) is 51.2 Å². The van der Waals surface area contributed by atoms with Crippen LogP contribution in [0.5, 0.6) is 0 Å². The van der Waals surface area contributed by atoms with Crippen LogP contribution in [0.25, 0.3) is 11.0 Å². The van der Waals surface area contributed by atoms with Crippen molar-refractivity contribution in [1.29, 1.82) is 0 Å². The van der Waals surface area contributed by atoms with Gasteiger partial charge in [-0.25, -0.2) is 9.97 Å². The van der Waals surface area contributed by atoms with Crippen LogP contribution in [0.3, 0.4) is 0 Å². The summed E-state index contributed by atoms with van der Waals surface area (Å²) < 4.78 is 1.74. The first-order valence-corrected chi connectivity index (χ1v) is 9.51. The maximum absolute atomic E-state index is 13.5. The largest absolute Gasteiger partial charge is 0.368 e. The first-order chi connectivity index (χ1) is 13.9. The first kappa shape index (κ1) is 17.6. The zero-order chi connectivity index (χ0) is 20.3. The fourth-order valence-corrected chi connectivity index (χ4v) is 4.79. The number of benzene rings is 1. The van der Waals surface area contributed by atoms with Gasteiger partial charge in [0.25, 0.3) is 0 Å². The van der Waals surface area contributed by atoms with Crippen molar-refractivity contribution in [1.82, 2.24) is 19.7 Å².